The summed E-state index contributed by atoms with van der Waals surface area (Å²) < 4.78 is 27.7. The van der Waals surface area contributed by atoms with Crippen LogP contribution in [-0.4, -0.2) is 34.0 Å². The zero-order valence-corrected chi connectivity index (χ0v) is 19.0. The molecule has 166 valence electrons. The molecular weight excluding hydrogens is 446 g/mol. The van der Waals surface area contributed by atoms with Gasteiger partial charge in [-0.1, -0.05) is 29.8 Å². The van der Waals surface area contributed by atoms with E-state index in [1.54, 1.807) is 30.3 Å². The van der Waals surface area contributed by atoms with E-state index in [0.29, 0.717) is 16.4 Å². The number of carbonyl (C=O) groups is 1. The molecule has 6 nitrogen and oxygen atoms in total. The van der Waals surface area contributed by atoms with E-state index in [1.807, 2.05) is 24.3 Å². The third kappa shape index (κ3) is 5.06. The summed E-state index contributed by atoms with van der Waals surface area (Å²) in [6.07, 6.45) is 2.38. The number of carbonyl (C=O) groups excluding carboxylic acids is 1. The molecule has 3 aromatic rings. The van der Waals surface area contributed by atoms with Gasteiger partial charge in [-0.3, -0.25) is 9.10 Å². The molecule has 1 heterocycles. The summed E-state index contributed by atoms with van der Waals surface area (Å²) >= 11 is 5.91. The van der Waals surface area contributed by atoms with Crippen molar-refractivity contribution < 1.29 is 13.2 Å². The van der Waals surface area contributed by atoms with Crippen LogP contribution in [-0.2, 0) is 14.8 Å². The van der Waals surface area contributed by atoms with Crippen LogP contribution in [0.15, 0.2) is 83.8 Å². The normalized spacial score (nSPS) is 13.7. The highest BCUT2D eigenvalue weighted by molar-refractivity contribution is 7.92. The van der Waals surface area contributed by atoms with Gasteiger partial charge in [-0.2, -0.15) is 0 Å². The number of nitrogens with zero attached hydrogens (tertiary/aromatic N) is 2. The van der Waals surface area contributed by atoms with Gasteiger partial charge in [0.1, 0.15) is 6.54 Å². The first-order valence-electron chi connectivity index (χ1n) is 10.4. The molecule has 1 amide bonds. The minimum Gasteiger partial charge on any atom is -0.372 e. The van der Waals surface area contributed by atoms with Gasteiger partial charge in [-0.05, 0) is 73.5 Å². The van der Waals surface area contributed by atoms with Crippen molar-refractivity contribution in [1.29, 1.82) is 0 Å². The summed E-state index contributed by atoms with van der Waals surface area (Å²) in [6.45, 7) is 1.73. The lowest BCUT2D eigenvalue weighted by Gasteiger charge is -2.24. The monoisotopic (exact) mass is 469 g/mol. The van der Waals surface area contributed by atoms with E-state index in [1.165, 1.54) is 37.1 Å². The Hall–Kier alpha value is -3.03. The molecule has 0 atom stereocenters. The van der Waals surface area contributed by atoms with Gasteiger partial charge in [-0.25, -0.2) is 8.42 Å². The van der Waals surface area contributed by atoms with Gasteiger partial charge in [0.05, 0.1) is 10.6 Å². The lowest BCUT2D eigenvalue weighted by molar-refractivity contribution is -0.114. The van der Waals surface area contributed by atoms with Crippen molar-refractivity contribution in [2.24, 2.45) is 0 Å². The first-order chi connectivity index (χ1) is 15.4. The van der Waals surface area contributed by atoms with E-state index in [9.17, 15) is 13.2 Å². The van der Waals surface area contributed by atoms with E-state index in [2.05, 4.69) is 10.2 Å². The van der Waals surface area contributed by atoms with Crippen molar-refractivity contribution in [2.75, 3.05) is 34.2 Å². The van der Waals surface area contributed by atoms with E-state index in [-0.39, 0.29) is 11.4 Å². The highest BCUT2D eigenvalue weighted by Crippen LogP contribution is 2.25. The second kappa shape index (κ2) is 9.63. The maximum Gasteiger partial charge on any atom is 0.264 e. The van der Waals surface area contributed by atoms with Gasteiger partial charge < -0.3 is 10.2 Å². The second-order valence-electron chi connectivity index (χ2n) is 7.59. The third-order valence-electron chi connectivity index (χ3n) is 5.36. The number of nitrogens with one attached hydrogen (secondary N) is 1. The maximum absolute atomic E-state index is 13.3. The molecule has 0 aliphatic carbocycles. The Labute approximate surface area is 193 Å². The maximum atomic E-state index is 13.3. The van der Waals surface area contributed by atoms with Crippen LogP contribution in [0, 0.1) is 0 Å². The average molecular weight is 470 g/mol. The topological polar surface area (TPSA) is 69.7 Å². The van der Waals surface area contributed by atoms with Crippen LogP contribution in [0.1, 0.15) is 12.8 Å². The lowest BCUT2D eigenvalue weighted by atomic mass is 10.2. The molecular formula is C24H24ClN3O3S. The highest BCUT2D eigenvalue weighted by atomic mass is 35.5. The molecule has 0 bridgehead atoms. The molecule has 0 saturated carbocycles. The van der Waals surface area contributed by atoms with E-state index >= 15 is 0 Å². The smallest absolute Gasteiger partial charge is 0.264 e. The van der Waals surface area contributed by atoms with Crippen LogP contribution in [0.4, 0.5) is 17.1 Å². The first kappa shape index (κ1) is 22.2. The fraction of sp³-hybridized carbons (Fsp3) is 0.208. The molecule has 1 saturated heterocycles. The molecule has 0 spiro atoms. The number of para-hydroxylation sites is 1. The van der Waals surface area contributed by atoms with Crippen molar-refractivity contribution in [1.82, 2.24) is 0 Å². The highest BCUT2D eigenvalue weighted by Gasteiger charge is 2.27. The van der Waals surface area contributed by atoms with Crippen LogP contribution < -0.4 is 14.5 Å². The molecule has 0 radical (unpaired) electrons. The Morgan fingerprint density at radius 2 is 1.53 bits per heavy atom. The van der Waals surface area contributed by atoms with Crippen molar-refractivity contribution in [3.63, 3.8) is 0 Å². The first-order valence-corrected chi connectivity index (χ1v) is 12.2. The van der Waals surface area contributed by atoms with Gasteiger partial charge in [0, 0.05) is 29.5 Å². The fourth-order valence-corrected chi connectivity index (χ4v) is 5.25. The zero-order valence-electron chi connectivity index (χ0n) is 17.4. The van der Waals surface area contributed by atoms with E-state index < -0.39 is 15.9 Å². The summed E-state index contributed by atoms with van der Waals surface area (Å²) in [5, 5.41) is 3.24. The van der Waals surface area contributed by atoms with Gasteiger partial charge >= 0.3 is 0 Å². The zero-order chi connectivity index (χ0) is 22.6. The number of benzene rings is 3. The molecule has 1 N–H and O–H groups in total. The molecule has 0 aromatic heterocycles. The molecule has 32 heavy (non-hydrogen) atoms. The number of hydrogen-bond donors (Lipinski definition) is 1. The van der Waals surface area contributed by atoms with Crippen LogP contribution in [0.25, 0.3) is 0 Å². The molecule has 0 unspecified atom stereocenters. The molecule has 8 heteroatoms. The number of hydrogen-bond acceptors (Lipinski definition) is 4. The predicted octanol–water partition coefficient (Wildman–Crippen LogP) is 4.77. The second-order valence-corrected chi connectivity index (χ2v) is 9.89. The Kier molecular flexibility index (Phi) is 6.67. The minimum absolute atomic E-state index is 0.0634. The average Bonchev–Trinajstić information content (AvgIpc) is 3.34. The summed E-state index contributed by atoms with van der Waals surface area (Å²) in [6, 6.07) is 22.1. The molecule has 1 aliphatic rings. The SMILES string of the molecule is O=C(CN(c1ccccc1)S(=O)(=O)c1ccc(Cl)cc1)Nc1ccc(N2CCCC2)cc1. The standard InChI is InChI=1S/C24H24ClN3O3S/c25-19-8-14-23(15-9-19)32(30,31)28(22-6-2-1-3-7-22)18-24(29)26-20-10-12-21(13-11-20)27-16-4-5-17-27/h1-3,6-15H,4-5,16-18H2,(H,26,29). The van der Waals surface area contributed by atoms with Gasteiger partial charge in [0.2, 0.25) is 5.91 Å². The summed E-state index contributed by atoms with van der Waals surface area (Å²) in [5.74, 6) is -0.430. The van der Waals surface area contributed by atoms with Crippen molar-refractivity contribution in [2.45, 2.75) is 17.7 Å². The molecule has 4 rings (SSSR count). The number of amides is 1. The van der Waals surface area contributed by atoms with E-state index in [0.717, 1.165) is 23.1 Å². The quantitative estimate of drug-likeness (QED) is 0.541. The Balaban J connectivity index is 1.53. The van der Waals surface area contributed by atoms with Crippen molar-refractivity contribution in [3.8, 4) is 0 Å². The fourth-order valence-electron chi connectivity index (χ4n) is 3.70. The van der Waals surface area contributed by atoms with Gasteiger partial charge in [0.15, 0.2) is 0 Å². The number of rotatable bonds is 7. The summed E-state index contributed by atoms with van der Waals surface area (Å²) in [7, 11) is -3.97. The molecule has 3 aromatic carbocycles. The summed E-state index contributed by atoms with van der Waals surface area (Å²) in [5.41, 5.74) is 2.15. The minimum atomic E-state index is -3.97. The molecule has 1 fully saturated rings. The van der Waals surface area contributed by atoms with Gasteiger partial charge in [-0.15, -0.1) is 0 Å². The van der Waals surface area contributed by atoms with Crippen LogP contribution >= 0.6 is 11.6 Å². The Bertz CT molecular complexity index is 1160. The van der Waals surface area contributed by atoms with Crippen molar-refractivity contribution in [3.05, 3.63) is 83.9 Å². The van der Waals surface area contributed by atoms with Crippen LogP contribution in [0.3, 0.4) is 0 Å². The number of anilines is 3. The van der Waals surface area contributed by atoms with Gasteiger partial charge in [0.25, 0.3) is 10.0 Å². The molecule has 1 aliphatic heterocycles. The number of sulfonamides is 1. The van der Waals surface area contributed by atoms with E-state index in [4.69, 9.17) is 11.6 Å². The van der Waals surface area contributed by atoms with Crippen LogP contribution in [0.2, 0.25) is 5.02 Å². The van der Waals surface area contributed by atoms with Crippen LogP contribution in [0.5, 0.6) is 0 Å². The van der Waals surface area contributed by atoms with Crippen molar-refractivity contribution >= 4 is 44.6 Å². The largest absolute Gasteiger partial charge is 0.372 e. The predicted molar refractivity (Wildman–Crippen MR) is 129 cm³/mol. The lowest BCUT2D eigenvalue weighted by Crippen LogP contribution is -2.38. The Morgan fingerprint density at radius 3 is 2.16 bits per heavy atom. The third-order valence-corrected chi connectivity index (χ3v) is 7.40. The number of halogens is 1. The Morgan fingerprint density at radius 1 is 0.906 bits per heavy atom. The summed E-state index contributed by atoms with van der Waals surface area (Å²) in [4.78, 5) is 15.2.